The Labute approximate surface area is 155 Å². The van der Waals surface area contributed by atoms with Crippen molar-refractivity contribution >= 4 is 17.5 Å². The van der Waals surface area contributed by atoms with Crippen molar-refractivity contribution in [3.63, 3.8) is 0 Å². The standard InChI is InChI=1S/C21H28N4O/c1-21(2,3)17-11-7-8-12-18(17)25-19(26)15-13-22-20(23-14-15)24-16-9-5-4-6-10-16/h7-8,11-14,16H,4-6,9-10H2,1-3H3,(H,25,26)(H,22,23,24). The number of benzene rings is 1. The van der Waals surface area contributed by atoms with E-state index in [0.717, 1.165) is 24.1 Å². The van der Waals surface area contributed by atoms with Gasteiger partial charge in [-0.2, -0.15) is 0 Å². The minimum absolute atomic E-state index is 0.0475. The summed E-state index contributed by atoms with van der Waals surface area (Å²) in [5.74, 6) is 0.412. The number of anilines is 2. The number of hydrogen-bond acceptors (Lipinski definition) is 4. The van der Waals surface area contributed by atoms with Crippen LogP contribution in [0, 0.1) is 0 Å². The normalized spacial score (nSPS) is 15.5. The van der Waals surface area contributed by atoms with Crippen molar-refractivity contribution in [2.24, 2.45) is 0 Å². The molecule has 1 saturated carbocycles. The van der Waals surface area contributed by atoms with Crippen LogP contribution in [0.3, 0.4) is 0 Å². The highest BCUT2D eigenvalue weighted by Gasteiger charge is 2.19. The molecule has 3 rings (SSSR count). The Kier molecular flexibility index (Phi) is 5.55. The van der Waals surface area contributed by atoms with Gasteiger partial charge in [-0.1, -0.05) is 58.2 Å². The van der Waals surface area contributed by atoms with Crippen LogP contribution in [-0.2, 0) is 5.41 Å². The Balaban J connectivity index is 1.67. The highest BCUT2D eigenvalue weighted by atomic mass is 16.1. The van der Waals surface area contributed by atoms with Gasteiger partial charge in [-0.15, -0.1) is 0 Å². The van der Waals surface area contributed by atoms with Gasteiger partial charge < -0.3 is 10.6 Å². The summed E-state index contributed by atoms with van der Waals surface area (Å²) in [5, 5.41) is 6.37. The lowest BCUT2D eigenvalue weighted by Crippen LogP contribution is -2.24. The van der Waals surface area contributed by atoms with Gasteiger partial charge in [0, 0.05) is 24.1 Å². The summed E-state index contributed by atoms with van der Waals surface area (Å²) >= 11 is 0. The summed E-state index contributed by atoms with van der Waals surface area (Å²) in [7, 11) is 0. The van der Waals surface area contributed by atoms with Crippen molar-refractivity contribution in [1.29, 1.82) is 0 Å². The Hall–Kier alpha value is -2.43. The van der Waals surface area contributed by atoms with E-state index >= 15 is 0 Å². The maximum absolute atomic E-state index is 12.6. The largest absolute Gasteiger partial charge is 0.351 e. The molecule has 1 aliphatic rings. The van der Waals surface area contributed by atoms with Crippen LogP contribution >= 0.6 is 0 Å². The fourth-order valence-electron chi connectivity index (χ4n) is 3.39. The minimum Gasteiger partial charge on any atom is -0.351 e. The molecule has 2 aromatic rings. The van der Waals surface area contributed by atoms with Crippen molar-refractivity contribution in [1.82, 2.24) is 9.97 Å². The Morgan fingerprint density at radius 1 is 1.04 bits per heavy atom. The molecule has 1 amide bonds. The first kappa shape index (κ1) is 18.4. The maximum Gasteiger partial charge on any atom is 0.258 e. The predicted octanol–water partition coefficient (Wildman–Crippen LogP) is 4.77. The fourth-order valence-corrected chi connectivity index (χ4v) is 3.39. The summed E-state index contributed by atoms with van der Waals surface area (Å²) in [5.41, 5.74) is 2.34. The first-order valence-electron chi connectivity index (χ1n) is 9.43. The van der Waals surface area contributed by atoms with E-state index in [1.165, 1.54) is 19.3 Å². The molecular formula is C21H28N4O. The van der Waals surface area contributed by atoms with E-state index in [0.29, 0.717) is 17.6 Å². The molecule has 138 valence electrons. The van der Waals surface area contributed by atoms with E-state index in [9.17, 15) is 4.79 Å². The number of nitrogens with one attached hydrogen (secondary N) is 2. The van der Waals surface area contributed by atoms with E-state index < -0.39 is 0 Å². The molecule has 5 nitrogen and oxygen atoms in total. The molecule has 1 heterocycles. The number of carbonyl (C=O) groups excluding carboxylic acids is 1. The SMILES string of the molecule is CC(C)(C)c1ccccc1NC(=O)c1cnc(NC2CCCCC2)nc1. The van der Waals surface area contributed by atoms with Crippen molar-refractivity contribution in [3.05, 3.63) is 47.8 Å². The highest BCUT2D eigenvalue weighted by Crippen LogP contribution is 2.29. The first-order chi connectivity index (χ1) is 12.4. The van der Waals surface area contributed by atoms with E-state index in [1.807, 2.05) is 24.3 Å². The summed E-state index contributed by atoms with van der Waals surface area (Å²) < 4.78 is 0. The monoisotopic (exact) mass is 352 g/mol. The molecule has 1 aliphatic carbocycles. The zero-order chi connectivity index (χ0) is 18.6. The molecule has 26 heavy (non-hydrogen) atoms. The molecule has 0 unspecified atom stereocenters. The number of amides is 1. The number of aromatic nitrogens is 2. The van der Waals surface area contributed by atoms with Crippen LogP contribution in [0.4, 0.5) is 11.6 Å². The Morgan fingerprint density at radius 3 is 2.35 bits per heavy atom. The van der Waals surface area contributed by atoms with Crippen molar-refractivity contribution in [2.75, 3.05) is 10.6 Å². The molecule has 0 radical (unpaired) electrons. The molecule has 2 N–H and O–H groups in total. The second-order valence-corrected chi connectivity index (χ2v) is 8.02. The van der Waals surface area contributed by atoms with Gasteiger partial charge in [0.05, 0.1) is 5.56 Å². The quantitative estimate of drug-likeness (QED) is 0.832. The molecule has 1 aromatic heterocycles. The third-order valence-corrected chi connectivity index (χ3v) is 4.84. The highest BCUT2D eigenvalue weighted by molar-refractivity contribution is 6.04. The molecule has 0 spiro atoms. The van der Waals surface area contributed by atoms with Crippen LogP contribution in [0.2, 0.25) is 0 Å². The van der Waals surface area contributed by atoms with E-state index in [4.69, 9.17) is 0 Å². The third-order valence-electron chi connectivity index (χ3n) is 4.84. The lowest BCUT2D eigenvalue weighted by molar-refractivity contribution is 0.102. The lowest BCUT2D eigenvalue weighted by atomic mass is 9.86. The second-order valence-electron chi connectivity index (χ2n) is 8.02. The predicted molar refractivity (Wildman–Crippen MR) is 106 cm³/mol. The van der Waals surface area contributed by atoms with Crippen molar-refractivity contribution in [3.8, 4) is 0 Å². The topological polar surface area (TPSA) is 66.9 Å². The summed E-state index contributed by atoms with van der Waals surface area (Å²) in [6.45, 7) is 6.40. The second kappa shape index (κ2) is 7.85. The zero-order valence-electron chi connectivity index (χ0n) is 15.9. The molecule has 0 bridgehead atoms. The molecule has 5 heteroatoms. The molecule has 0 atom stereocenters. The van der Waals surface area contributed by atoms with Crippen molar-refractivity contribution in [2.45, 2.75) is 64.3 Å². The van der Waals surface area contributed by atoms with Gasteiger partial charge in [0.15, 0.2) is 0 Å². The number of rotatable bonds is 4. The van der Waals surface area contributed by atoms with Gasteiger partial charge in [-0.3, -0.25) is 4.79 Å². The third kappa shape index (κ3) is 4.59. The van der Waals surface area contributed by atoms with E-state index in [1.54, 1.807) is 12.4 Å². The smallest absolute Gasteiger partial charge is 0.258 e. The maximum atomic E-state index is 12.6. The van der Waals surface area contributed by atoms with Crippen LogP contribution in [0.25, 0.3) is 0 Å². The van der Waals surface area contributed by atoms with Crippen LogP contribution in [-0.4, -0.2) is 21.9 Å². The molecule has 1 aromatic carbocycles. The van der Waals surface area contributed by atoms with Gasteiger partial charge in [0.2, 0.25) is 5.95 Å². The molecular weight excluding hydrogens is 324 g/mol. The van der Waals surface area contributed by atoms with E-state index in [2.05, 4.69) is 41.4 Å². The summed E-state index contributed by atoms with van der Waals surface area (Å²) in [6, 6.07) is 8.34. The van der Waals surface area contributed by atoms with Crippen LogP contribution in [0.1, 0.15) is 68.8 Å². The van der Waals surface area contributed by atoms with Gasteiger partial charge in [-0.05, 0) is 29.9 Å². The van der Waals surface area contributed by atoms with Gasteiger partial charge in [0.1, 0.15) is 0 Å². The zero-order valence-corrected chi connectivity index (χ0v) is 15.9. The van der Waals surface area contributed by atoms with Crippen LogP contribution in [0.5, 0.6) is 0 Å². The number of hydrogen-bond donors (Lipinski definition) is 2. The van der Waals surface area contributed by atoms with Crippen LogP contribution < -0.4 is 10.6 Å². The van der Waals surface area contributed by atoms with Gasteiger partial charge >= 0.3 is 0 Å². The number of nitrogens with zero attached hydrogens (tertiary/aromatic N) is 2. The number of para-hydroxylation sites is 1. The lowest BCUT2D eigenvalue weighted by Gasteiger charge is -2.23. The van der Waals surface area contributed by atoms with Crippen molar-refractivity contribution < 1.29 is 4.79 Å². The number of carbonyl (C=O) groups is 1. The Bertz CT molecular complexity index is 743. The fraction of sp³-hybridized carbons (Fsp3) is 0.476. The van der Waals surface area contributed by atoms with E-state index in [-0.39, 0.29) is 11.3 Å². The summed E-state index contributed by atoms with van der Waals surface area (Å²) in [4.78, 5) is 21.2. The molecule has 1 fully saturated rings. The Morgan fingerprint density at radius 2 is 1.69 bits per heavy atom. The minimum atomic E-state index is -0.189. The van der Waals surface area contributed by atoms with Crippen LogP contribution in [0.15, 0.2) is 36.7 Å². The average molecular weight is 352 g/mol. The average Bonchev–Trinajstić information content (AvgIpc) is 2.63. The molecule has 0 saturated heterocycles. The first-order valence-corrected chi connectivity index (χ1v) is 9.43. The van der Waals surface area contributed by atoms with Gasteiger partial charge in [0.25, 0.3) is 5.91 Å². The summed E-state index contributed by atoms with van der Waals surface area (Å²) in [6.07, 6.45) is 9.33. The molecule has 0 aliphatic heterocycles. The van der Waals surface area contributed by atoms with Gasteiger partial charge in [-0.25, -0.2) is 9.97 Å².